The van der Waals surface area contributed by atoms with Gasteiger partial charge in [-0.15, -0.1) is 0 Å². The summed E-state index contributed by atoms with van der Waals surface area (Å²) in [4.78, 5) is 0. The molecule has 0 bridgehead atoms. The van der Waals surface area contributed by atoms with Crippen LogP contribution in [0.25, 0.3) is 0 Å². The standard InChI is InChI=1S/C21H27NO3/c23-20-13-19(22-15-17-7-3-1-4-8-17)14-21(20)25-12-11-24-16-18-9-5-2-6-10-18/h1-10,19-23H,11-16H2/t19-,20-,21-/m0/s1. The molecule has 0 amide bonds. The molecule has 0 saturated heterocycles. The Balaban J connectivity index is 1.30. The van der Waals surface area contributed by atoms with Crippen LogP contribution in [-0.2, 0) is 22.6 Å². The van der Waals surface area contributed by atoms with Crippen LogP contribution in [0.5, 0.6) is 0 Å². The van der Waals surface area contributed by atoms with E-state index in [2.05, 4.69) is 17.4 Å². The number of hydrogen-bond donors (Lipinski definition) is 2. The largest absolute Gasteiger partial charge is 0.390 e. The summed E-state index contributed by atoms with van der Waals surface area (Å²) in [5, 5.41) is 13.7. The van der Waals surface area contributed by atoms with Gasteiger partial charge in [-0.2, -0.15) is 0 Å². The van der Waals surface area contributed by atoms with Crippen molar-refractivity contribution >= 4 is 0 Å². The van der Waals surface area contributed by atoms with Crippen molar-refractivity contribution in [3.8, 4) is 0 Å². The fourth-order valence-electron chi connectivity index (χ4n) is 3.20. The highest BCUT2D eigenvalue weighted by molar-refractivity contribution is 5.14. The van der Waals surface area contributed by atoms with Gasteiger partial charge in [-0.3, -0.25) is 0 Å². The Morgan fingerprint density at radius 2 is 1.56 bits per heavy atom. The fraction of sp³-hybridized carbons (Fsp3) is 0.429. The lowest BCUT2D eigenvalue weighted by atomic mass is 10.2. The van der Waals surface area contributed by atoms with Crippen molar-refractivity contribution in [2.24, 2.45) is 0 Å². The van der Waals surface area contributed by atoms with E-state index in [9.17, 15) is 5.11 Å². The van der Waals surface area contributed by atoms with E-state index in [1.54, 1.807) is 0 Å². The maximum Gasteiger partial charge on any atom is 0.0850 e. The van der Waals surface area contributed by atoms with Gasteiger partial charge in [-0.25, -0.2) is 0 Å². The Morgan fingerprint density at radius 1 is 0.880 bits per heavy atom. The Kier molecular flexibility index (Phi) is 7.00. The normalized spacial score (nSPS) is 23.0. The quantitative estimate of drug-likeness (QED) is 0.689. The molecule has 2 aromatic carbocycles. The first-order chi connectivity index (χ1) is 12.3. The van der Waals surface area contributed by atoms with E-state index >= 15 is 0 Å². The molecule has 0 unspecified atom stereocenters. The fourth-order valence-corrected chi connectivity index (χ4v) is 3.20. The first kappa shape index (κ1) is 18.1. The molecule has 1 saturated carbocycles. The monoisotopic (exact) mass is 341 g/mol. The van der Waals surface area contributed by atoms with Crippen molar-refractivity contribution in [2.75, 3.05) is 13.2 Å². The predicted molar refractivity (Wildman–Crippen MR) is 98.1 cm³/mol. The minimum atomic E-state index is -0.401. The second-order valence-electron chi connectivity index (χ2n) is 6.55. The molecule has 1 aliphatic carbocycles. The van der Waals surface area contributed by atoms with Gasteiger partial charge in [0.25, 0.3) is 0 Å². The van der Waals surface area contributed by atoms with Crippen LogP contribution < -0.4 is 5.32 Å². The van der Waals surface area contributed by atoms with E-state index in [1.807, 2.05) is 48.5 Å². The summed E-state index contributed by atoms with van der Waals surface area (Å²) in [6.45, 7) is 2.48. The van der Waals surface area contributed by atoms with Gasteiger partial charge in [-0.1, -0.05) is 60.7 Å². The van der Waals surface area contributed by atoms with Crippen molar-refractivity contribution in [1.82, 2.24) is 5.32 Å². The molecule has 2 N–H and O–H groups in total. The van der Waals surface area contributed by atoms with E-state index in [0.29, 0.717) is 25.9 Å². The Morgan fingerprint density at radius 3 is 2.28 bits per heavy atom. The van der Waals surface area contributed by atoms with Gasteiger partial charge in [0.2, 0.25) is 0 Å². The highest BCUT2D eigenvalue weighted by Gasteiger charge is 2.33. The molecular weight excluding hydrogens is 314 g/mol. The van der Waals surface area contributed by atoms with E-state index in [4.69, 9.17) is 9.47 Å². The summed E-state index contributed by atoms with van der Waals surface area (Å²) >= 11 is 0. The molecule has 25 heavy (non-hydrogen) atoms. The Hall–Kier alpha value is -1.72. The third kappa shape index (κ3) is 5.94. The summed E-state index contributed by atoms with van der Waals surface area (Å²) in [7, 11) is 0. The molecule has 1 fully saturated rings. The molecule has 4 heteroatoms. The van der Waals surface area contributed by atoms with Crippen molar-refractivity contribution in [1.29, 1.82) is 0 Å². The lowest BCUT2D eigenvalue weighted by Crippen LogP contribution is -2.27. The van der Waals surface area contributed by atoms with E-state index < -0.39 is 6.10 Å². The molecule has 3 atom stereocenters. The van der Waals surface area contributed by atoms with Crippen LogP contribution in [0.15, 0.2) is 60.7 Å². The average molecular weight is 341 g/mol. The smallest absolute Gasteiger partial charge is 0.0850 e. The zero-order chi connectivity index (χ0) is 17.3. The highest BCUT2D eigenvalue weighted by atomic mass is 16.5. The third-order valence-electron chi connectivity index (χ3n) is 4.58. The minimum absolute atomic E-state index is 0.103. The second-order valence-corrected chi connectivity index (χ2v) is 6.55. The second kappa shape index (κ2) is 9.68. The summed E-state index contributed by atoms with van der Waals surface area (Å²) in [5.41, 5.74) is 2.42. The average Bonchev–Trinajstić information content (AvgIpc) is 3.01. The molecular formula is C21H27NO3. The minimum Gasteiger partial charge on any atom is -0.390 e. The number of rotatable bonds is 9. The van der Waals surface area contributed by atoms with Crippen LogP contribution in [0.4, 0.5) is 0 Å². The van der Waals surface area contributed by atoms with Gasteiger partial charge in [-0.05, 0) is 24.0 Å². The van der Waals surface area contributed by atoms with Crippen molar-refractivity contribution < 1.29 is 14.6 Å². The summed E-state index contributed by atoms with van der Waals surface area (Å²) in [6, 6.07) is 20.7. The van der Waals surface area contributed by atoms with Gasteiger partial charge < -0.3 is 19.9 Å². The van der Waals surface area contributed by atoms with Crippen LogP contribution in [0.1, 0.15) is 24.0 Å². The first-order valence-corrected chi connectivity index (χ1v) is 9.00. The SMILES string of the molecule is O[C@H]1C[C@H](NCc2ccccc2)C[C@@H]1OCCOCc1ccccc1. The molecule has 134 valence electrons. The highest BCUT2D eigenvalue weighted by Crippen LogP contribution is 2.23. The van der Waals surface area contributed by atoms with Crippen LogP contribution in [-0.4, -0.2) is 36.6 Å². The summed E-state index contributed by atoms with van der Waals surface area (Å²) in [5.74, 6) is 0. The third-order valence-corrected chi connectivity index (χ3v) is 4.58. The Labute approximate surface area is 149 Å². The number of aliphatic hydroxyl groups is 1. The first-order valence-electron chi connectivity index (χ1n) is 9.00. The van der Waals surface area contributed by atoms with Crippen molar-refractivity contribution in [3.63, 3.8) is 0 Å². The summed E-state index contributed by atoms with van der Waals surface area (Å²) in [6.07, 6.45) is 1.07. The van der Waals surface area contributed by atoms with E-state index in [0.717, 1.165) is 24.9 Å². The number of aliphatic hydroxyl groups excluding tert-OH is 1. The molecule has 4 nitrogen and oxygen atoms in total. The van der Waals surface area contributed by atoms with Crippen molar-refractivity contribution in [3.05, 3.63) is 71.8 Å². The molecule has 1 aliphatic rings. The lowest BCUT2D eigenvalue weighted by molar-refractivity contribution is -0.0433. The van der Waals surface area contributed by atoms with Gasteiger partial charge >= 0.3 is 0 Å². The number of ether oxygens (including phenoxy) is 2. The maximum atomic E-state index is 10.2. The van der Waals surface area contributed by atoms with E-state index in [1.165, 1.54) is 5.56 Å². The molecule has 0 spiro atoms. The zero-order valence-corrected chi connectivity index (χ0v) is 14.5. The van der Waals surface area contributed by atoms with E-state index in [-0.39, 0.29) is 6.10 Å². The van der Waals surface area contributed by atoms with Gasteiger partial charge in [0.05, 0.1) is 32.0 Å². The van der Waals surface area contributed by atoms with Crippen molar-refractivity contribution in [2.45, 2.75) is 44.2 Å². The molecule has 0 radical (unpaired) electrons. The maximum absolute atomic E-state index is 10.2. The lowest BCUT2D eigenvalue weighted by Gasteiger charge is -2.15. The Bertz CT molecular complexity index is 605. The summed E-state index contributed by atoms with van der Waals surface area (Å²) < 4.78 is 11.4. The molecule has 0 heterocycles. The van der Waals surface area contributed by atoms with Crippen LogP contribution in [0, 0.1) is 0 Å². The molecule has 0 aliphatic heterocycles. The van der Waals surface area contributed by atoms with Crippen LogP contribution in [0.2, 0.25) is 0 Å². The molecule has 0 aromatic heterocycles. The number of benzene rings is 2. The van der Waals surface area contributed by atoms with Gasteiger partial charge in [0.1, 0.15) is 0 Å². The van der Waals surface area contributed by atoms with Crippen LogP contribution >= 0.6 is 0 Å². The number of hydrogen-bond acceptors (Lipinski definition) is 4. The predicted octanol–water partition coefficient (Wildman–Crippen LogP) is 2.90. The van der Waals surface area contributed by atoms with Gasteiger partial charge in [0, 0.05) is 12.6 Å². The molecule has 3 rings (SSSR count). The zero-order valence-electron chi connectivity index (χ0n) is 14.5. The topological polar surface area (TPSA) is 50.7 Å². The molecule has 2 aromatic rings. The number of nitrogens with one attached hydrogen (secondary N) is 1. The van der Waals surface area contributed by atoms with Gasteiger partial charge in [0.15, 0.2) is 0 Å². The van der Waals surface area contributed by atoms with Crippen LogP contribution in [0.3, 0.4) is 0 Å².